The van der Waals surface area contributed by atoms with Gasteiger partial charge in [-0.2, -0.15) is 0 Å². The monoisotopic (exact) mass is 1750 g/mol. The summed E-state index contributed by atoms with van der Waals surface area (Å²) < 4.78 is 51.8. The van der Waals surface area contributed by atoms with E-state index >= 15 is 0 Å². The number of phenols is 4. The maximum absolute atomic E-state index is 14.2. The molecule has 0 saturated heterocycles. The fraction of sp³-hybridized carbons (Fsp3) is 0.536. The summed E-state index contributed by atoms with van der Waals surface area (Å²) in [5.74, 6) is -0.856. The van der Waals surface area contributed by atoms with Crippen molar-refractivity contribution < 1.29 is 77.5 Å². The summed E-state index contributed by atoms with van der Waals surface area (Å²) in [5, 5.41) is 54.4. The Bertz CT molecular complexity index is 4590. The van der Waals surface area contributed by atoms with Gasteiger partial charge in [-0.05, 0) is 260 Å². The lowest BCUT2D eigenvalue weighted by molar-refractivity contribution is -0.158. The first kappa shape index (κ1) is 102. The average Bonchev–Trinajstić information content (AvgIpc) is 0.769. The second kappa shape index (κ2) is 37.1. The molecule has 0 aromatic heterocycles. The third kappa shape index (κ3) is 27.1. The van der Waals surface area contributed by atoms with E-state index in [1.807, 2.05) is 132 Å². The van der Waals surface area contributed by atoms with E-state index in [1.165, 1.54) is 0 Å². The van der Waals surface area contributed by atoms with Crippen molar-refractivity contribution in [3.8, 4) is 46.0 Å². The summed E-state index contributed by atoms with van der Waals surface area (Å²) in [6, 6.07) is 33.1. The molecule has 0 fully saturated rings. The summed E-state index contributed by atoms with van der Waals surface area (Å²) in [5.41, 5.74) is 9.75. The SMILES string of the molecule is CC(C)(C)OC(=O)COc1c2cc(C(C)(C)C)cc1Cc1cc(C(C)(C)C)cc(c1O)Cc1cc(C(C)(C)C)cc(c1OCC(=O)OC(C)(C)C)Cc1cc(C(C)(C)C)cc(c1O)Cc1cc(C(C)(C)C)cc(c1OCC(=O)OC(C)(C)C)Cc1cc(C(C)(C)C)cc(c1O)Cc1cc(C(C)(C)C)cc(c1OCC(=O)OC(C)(C)C)Cc1cc(C(C)(C)C)cc(c1O)C2. The third-order valence-electron chi connectivity index (χ3n) is 23.0. The smallest absolute Gasteiger partial charge is 0.344 e. The van der Waals surface area contributed by atoms with Crippen molar-refractivity contribution in [2.45, 2.75) is 366 Å². The van der Waals surface area contributed by atoms with Crippen LogP contribution in [0, 0.1) is 0 Å². The number of hydrogen-bond donors (Lipinski definition) is 4. The first-order valence-electron chi connectivity index (χ1n) is 45.6. The third-order valence-corrected chi connectivity index (χ3v) is 23.0. The minimum Gasteiger partial charge on any atom is -0.507 e. The number of rotatable bonds is 12. The molecule has 0 amide bonds. The molecule has 0 aliphatic heterocycles. The number of fused-ring (bicyclic) bond motifs is 16. The Kier molecular flexibility index (Phi) is 29.5. The van der Waals surface area contributed by atoms with Crippen molar-refractivity contribution in [3.05, 3.63) is 231 Å². The van der Waals surface area contributed by atoms with Crippen molar-refractivity contribution >= 4 is 23.9 Å². The number of ether oxygens (including phenoxy) is 8. The van der Waals surface area contributed by atoms with Crippen LogP contribution in [0.1, 0.15) is 383 Å². The van der Waals surface area contributed by atoms with Crippen LogP contribution in [0.25, 0.3) is 0 Å². The molecule has 16 bridgehead atoms. The van der Waals surface area contributed by atoms with Gasteiger partial charge in [0.1, 0.15) is 68.4 Å². The average molecular weight is 1750 g/mol. The lowest BCUT2D eigenvalue weighted by Crippen LogP contribution is -2.27. The van der Waals surface area contributed by atoms with Gasteiger partial charge in [0.25, 0.3) is 0 Å². The first-order valence-corrected chi connectivity index (χ1v) is 45.6. The molecule has 1 aliphatic rings. The molecule has 0 atom stereocenters. The van der Waals surface area contributed by atoms with Crippen LogP contribution in [0.4, 0.5) is 0 Å². The van der Waals surface area contributed by atoms with Gasteiger partial charge >= 0.3 is 23.9 Å². The van der Waals surface area contributed by atoms with E-state index in [4.69, 9.17) is 37.9 Å². The molecular weight excluding hydrogens is 1600 g/mol. The largest absolute Gasteiger partial charge is 0.507 e. The standard InChI is InChI=1S/C112H152O16/c1-101(2,3)81-45-65-37-73-53-85(105(13,14)15)55-75(97(73)121-61-89(113)125-109(25,26)27)39-67-47-82(102(4,5)6)49-69(94(67)118)41-77-57-87(107(19,20)21)59-79(99(77)123-63-91(115)127-111(31,32)33)43-71-51-84(104(10,11)12)52-72(96(71)120)44-80-60-88(108(22,23)24)58-78(100(80)124-64-92(116)128-112(34,35)36)42-70-50-83(103(7,8)9)48-68(95(70)119)40-76-56-86(106(16,17)18)54-74(38-66(46-81)93(65)117)98(76)122-62-90(114)126-110(28,29)30/h45-60,117-120H,37-44,61-64H2,1-36H3. The highest BCUT2D eigenvalue weighted by Crippen LogP contribution is 2.48. The first-order chi connectivity index (χ1) is 58.2. The number of hydrogen-bond acceptors (Lipinski definition) is 16. The number of phenolic OH excluding ortho intramolecular Hbond substituents is 4. The van der Waals surface area contributed by atoms with E-state index in [-0.39, 0.29) is 74.4 Å². The molecule has 0 radical (unpaired) electrons. The Morgan fingerprint density at radius 3 is 0.391 bits per heavy atom. The molecule has 0 heterocycles. The minimum absolute atomic E-state index is 0.00627. The summed E-state index contributed by atoms with van der Waals surface area (Å²) in [6.07, 6.45) is 0.785. The summed E-state index contributed by atoms with van der Waals surface area (Å²) in [4.78, 5) is 57.0. The molecule has 0 unspecified atom stereocenters. The van der Waals surface area contributed by atoms with E-state index in [0.29, 0.717) is 112 Å². The number of benzene rings is 8. The second-order valence-electron chi connectivity index (χ2n) is 48.0. The van der Waals surface area contributed by atoms with E-state index in [0.717, 1.165) is 44.5 Å². The highest BCUT2D eigenvalue weighted by atomic mass is 16.6. The zero-order chi connectivity index (χ0) is 96.2. The predicted molar refractivity (Wildman–Crippen MR) is 516 cm³/mol. The number of esters is 4. The maximum Gasteiger partial charge on any atom is 0.344 e. The quantitative estimate of drug-likeness (QED) is 0.0659. The summed E-state index contributed by atoms with van der Waals surface area (Å²) in [7, 11) is 0. The summed E-state index contributed by atoms with van der Waals surface area (Å²) >= 11 is 0. The van der Waals surface area contributed by atoms with Crippen LogP contribution in [0.2, 0.25) is 0 Å². The van der Waals surface area contributed by atoms with Crippen molar-refractivity contribution in [1.82, 2.24) is 0 Å². The Morgan fingerprint density at radius 1 is 0.195 bits per heavy atom. The Balaban J connectivity index is 1.48. The Morgan fingerprint density at radius 2 is 0.297 bits per heavy atom. The van der Waals surface area contributed by atoms with Crippen LogP contribution in [0.3, 0.4) is 0 Å². The minimum atomic E-state index is -0.856. The molecule has 0 saturated carbocycles. The molecule has 16 heteroatoms. The van der Waals surface area contributed by atoms with Crippen LogP contribution in [-0.4, -0.2) is 93.1 Å². The second-order valence-corrected chi connectivity index (χ2v) is 48.0. The number of carbonyl (C=O) groups is 4. The zero-order valence-corrected chi connectivity index (χ0v) is 84.4. The van der Waals surface area contributed by atoms with Gasteiger partial charge in [0.15, 0.2) is 26.4 Å². The van der Waals surface area contributed by atoms with Crippen molar-refractivity contribution in [3.63, 3.8) is 0 Å². The molecule has 128 heavy (non-hydrogen) atoms. The van der Waals surface area contributed by atoms with Crippen LogP contribution in [0.15, 0.2) is 97.1 Å². The lowest BCUT2D eigenvalue weighted by atomic mass is 9.79. The molecule has 16 nitrogen and oxygen atoms in total. The molecule has 9 rings (SSSR count). The molecule has 8 aromatic carbocycles. The summed E-state index contributed by atoms with van der Waals surface area (Å²) in [6.45, 7) is 71.0. The van der Waals surface area contributed by atoms with E-state index in [2.05, 4.69) is 215 Å². The van der Waals surface area contributed by atoms with Gasteiger partial charge in [-0.15, -0.1) is 0 Å². The van der Waals surface area contributed by atoms with Crippen LogP contribution >= 0.6 is 0 Å². The highest BCUT2D eigenvalue weighted by Gasteiger charge is 2.35. The normalized spacial score (nSPS) is 13.9. The zero-order valence-electron chi connectivity index (χ0n) is 84.4. The van der Waals surface area contributed by atoms with Gasteiger partial charge < -0.3 is 58.3 Å². The van der Waals surface area contributed by atoms with Crippen LogP contribution in [-0.2, 0) is 133 Å². The lowest BCUT2D eigenvalue weighted by Gasteiger charge is -2.28. The van der Waals surface area contributed by atoms with Gasteiger partial charge in [0.2, 0.25) is 0 Å². The van der Waals surface area contributed by atoms with Gasteiger partial charge in [-0.25, -0.2) is 19.2 Å². The predicted octanol–water partition coefficient (Wildman–Crippen LogP) is 24.8. The van der Waals surface area contributed by atoms with E-state index in [9.17, 15) is 39.6 Å². The van der Waals surface area contributed by atoms with E-state index < -0.39 is 116 Å². The molecule has 8 aromatic rings. The van der Waals surface area contributed by atoms with Gasteiger partial charge in [0.05, 0.1) is 0 Å². The Hall–Kier alpha value is -9.96. The Labute approximate surface area is 766 Å². The number of carbonyl (C=O) groups excluding carboxylic acids is 4. The van der Waals surface area contributed by atoms with Gasteiger partial charge in [-0.3, -0.25) is 0 Å². The fourth-order valence-electron chi connectivity index (χ4n) is 16.0. The van der Waals surface area contributed by atoms with Crippen molar-refractivity contribution in [2.24, 2.45) is 0 Å². The van der Waals surface area contributed by atoms with Crippen LogP contribution < -0.4 is 18.9 Å². The van der Waals surface area contributed by atoms with Crippen LogP contribution in [0.5, 0.6) is 46.0 Å². The molecule has 696 valence electrons. The van der Waals surface area contributed by atoms with Gasteiger partial charge in [0, 0.05) is 51.4 Å². The highest BCUT2D eigenvalue weighted by molar-refractivity contribution is 5.74. The molecule has 1 aliphatic carbocycles. The van der Waals surface area contributed by atoms with Crippen molar-refractivity contribution in [1.29, 1.82) is 0 Å². The number of aromatic hydroxyl groups is 4. The van der Waals surface area contributed by atoms with E-state index in [1.54, 1.807) is 0 Å². The topological polar surface area (TPSA) is 223 Å². The molecule has 0 spiro atoms. The molecule has 4 N–H and O–H groups in total. The fourth-order valence-corrected chi connectivity index (χ4v) is 16.0. The molecular formula is C112H152O16. The van der Waals surface area contributed by atoms with Gasteiger partial charge in [-0.1, -0.05) is 263 Å². The maximum atomic E-state index is 14.2. The van der Waals surface area contributed by atoms with Crippen molar-refractivity contribution in [2.75, 3.05) is 26.4 Å².